The van der Waals surface area contributed by atoms with Gasteiger partial charge in [0.2, 0.25) is 0 Å². The van der Waals surface area contributed by atoms with E-state index in [1.807, 2.05) is 0 Å². The van der Waals surface area contributed by atoms with E-state index in [4.69, 9.17) is 0 Å². The van der Waals surface area contributed by atoms with Crippen LogP contribution in [0.4, 0.5) is 0 Å². The summed E-state index contributed by atoms with van der Waals surface area (Å²) in [7, 11) is 1.39. The molecule has 1 atom stereocenters. The fourth-order valence-corrected chi connectivity index (χ4v) is 2.40. The number of methoxy groups -OCH3 is 1. The van der Waals surface area contributed by atoms with Crippen molar-refractivity contribution in [2.24, 2.45) is 0 Å². The number of alkyl halides is 1. The zero-order valence-corrected chi connectivity index (χ0v) is 11.2. The van der Waals surface area contributed by atoms with Crippen LogP contribution in [0.3, 0.4) is 0 Å². The summed E-state index contributed by atoms with van der Waals surface area (Å²) in [6.07, 6.45) is 0. The molecule has 1 heterocycles. The molecular formula is C10H14BrNO2S. The van der Waals surface area contributed by atoms with Gasteiger partial charge in [-0.15, -0.1) is 11.3 Å². The van der Waals surface area contributed by atoms with Crippen molar-refractivity contribution in [1.82, 2.24) is 5.32 Å². The summed E-state index contributed by atoms with van der Waals surface area (Å²) in [5, 5.41) is 5.27. The zero-order valence-electron chi connectivity index (χ0n) is 8.75. The Hall–Kier alpha value is -0.390. The molecule has 0 radical (unpaired) electrons. The number of rotatable bonds is 5. The molecule has 3 nitrogen and oxygen atoms in total. The molecule has 0 fully saturated rings. The SMILES string of the molecule is COC(=O)C(Br)CNCc1sccc1C. The van der Waals surface area contributed by atoms with Crippen molar-refractivity contribution in [3.05, 3.63) is 21.9 Å². The average molecular weight is 292 g/mol. The summed E-state index contributed by atoms with van der Waals surface area (Å²) in [6.45, 7) is 3.45. The molecule has 1 unspecified atom stereocenters. The van der Waals surface area contributed by atoms with E-state index in [-0.39, 0.29) is 10.8 Å². The number of carbonyl (C=O) groups is 1. The van der Waals surface area contributed by atoms with Crippen molar-refractivity contribution >= 4 is 33.2 Å². The summed E-state index contributed by atoms with van der Waals surface area (Å²) in [5.74, 6) is -0.245. The first kappa shape index (κ1) is 12.7. The van der Waals surface area contributed by atoms with Gasteiger partial charge in [-0.1, -0.05) is 15.9 Å². The number of hydrogen-bond acceptors (Lipinski definition) is 4. The van der Waals surface area contributed by atoms with Crippen LogP contribution < -0.4 is 5.32 Å². The maximum atomic E-state index is 11.1. The molecule has 0 saturated carbocycles. The first-order valence-electron chi connectivity index (χ1n) is 4.60. The van der Waals surface area contributed by atoms with Crippen LogP contribution in [0.2, 0.25) is 0 Å². The number of esters is 1. The maximum Gasteiger partial charge on any atom is 0.320 e. The van der Waals surface area contributed by atoms with E-state index >= 15 is 0 Å². The number of carbonyl (C=O) groups excluding carboxylic acids is 1. The van der Waals surface area contributed by atoms with Gasteiger partial charge in [0.1, 0.15) is 4.83 Å². The van der Waals surface area contributed by atoms with Gasteiger partial charge < -0.3 is 10.1 Å². The molecule has 1 aromatic heterocycles. The molecule has 1 N–H and O–H groups in total. The zero-order chi connectivity index (χ0) is 11.3. The van der Waals surface area contributed by atoms with E-state index < -0.39 is 0 Å². The van der Waals surface area contributed by atoms with Crippen LogP contribution in [-0.4, -0.2) is 24.5 Å². The summed E-state index contributed by atoms with van der Waals surface area (Å²) < 4.78 is 4.60. The van der Waals surface area contributed by atoms with E-state index in [0.29, 0.717) is 6.54 Å². The van der Waals surface area contributed by atoms with E-state index in [0.717, 1.165) is 6.54 Å². The van der Waals surface area contributed by atoms with Crippen LogP contribution in [0.15, 0.2) is 11.4 Å². The van der Waals surface area contributed by atoms with Crippen LogP contribution in [0.25, 0.3) is 0 Å². The quantitative estimate of drug-likeness (QED) is 0.667. The van der Waals surface area contributed by atoms with Crippen molar-refractivity contribution in [1.29, 1.82) is 0 Å². The Morgan fingerprint density at radius 1 is 1.73 bits per heavy atom. The Balaban J connectivity index is 2.28. The van der Waals surface area contributed by atoms with Gasteiger partial charge in [0.15, 0.2) is 0 Å². The molecule has 0 aliphatic rings. The molecule has 0 bridgehead atoms. The third kappa shape index (κ3) is 3.93. The predicted octanol–water partition coefficient (Wildman–Crippen LogP) is 2.08. The molecule has 0 amide bonds. The highest BCUT2D eigenvalue weighted by molar-refractivity contribution is 9.10. The van der Waals surface area contributed by atoms with Gasteiger partial charge in [0.05, 0.1) is 7.11 Å². The largest absolute Gasteiger partial charge is 0.468 e. The minimum atomic E-state index is -0.275. The lowest BCUT2D eigenvalue weighted by Crippen LogP contribution is -2.29. The van der Waals surface area contributed by atoms with E-state index in [1.54, 1.807) is 11.3 Å². The molecule has 1 aromatic rings. The fourth-order valence-electron chi connectivity index (χ4n) is 1.11. The summed E-state index contributed by atoms with van der Waals surface area (Å²) in [6, 6.07) is 2.09. The lowest BCUT2D eigenvalue weighted by Gasteiger charge is -2.08. The van der Waals surface area contributed by atoms with E-state index in [9.17, 15) is 4.79 Å². The molecule has 0 aromatic carbocycles. The highest BCUT2D eigenvalue weighted by atomic mass is 79.9. The number of ether oxygens (including phenoxy) is 1. The highest BCUT2D eigenvalue weighted by Gasteiger charge is 2.14. The Morgan fingerprint density at radius 3 is 3.00 bits per heavy atom. The lowest BCUT2D eigenvalue weighted by atomic mass is 10.3. The van der Waals surface area contributed by atoms with Crippen LogP contribution in [0.5, 0.6) is 0 Å². The number of nitrogens with one attached hydrogen (secondary N) is 1. The smallest absolute Gasteiger partial charge is 0.320 e. The minimum absolute atomic E-state index is 0.245. The first-order valence-corrected chi connectivity index (χ1v) is 6.40. The molecule has 0 aliphatic carbocycles. The van der Waals surface area contributed by atoms with Crippen molar-refractivity contribution < 1.29 is 9.53 Å². The van der Waals surface area contributed by atoms with Crippen molar-refractivity contribution in [3.8, 4) is 0 Å². The summed E-state index contributed by atoms with van der Waals surface area (Å²) in [4.78, 5) is 12.1. The van der Waals surface area contributed by atoms with Crippen molar-refractivity contribution in [2.45, 2.75) is 18.3 Å². The second-order valence-corrected chi connectivity index (χ2v) is 5.25. The lowest BCUT2D eigenvalue weighted by molar-refractivity contribution is -0.139. The number of thiophene rings is 1. The van der Waals surface area contributed by atoms with Gasteiger partial charge in [-0.3, -0.25) is 4.79 Å². The molecular weight excluding hydrogens is 278 g/mol. The first-order chi connectivity index (χ1) is 7.15. The van der Waals surface area contributed by atoms with E-state index in [2.05, 4.69) is 44.4 Å². The second-order valence-electron chi connectivity index (χ2n) is 3.15. The molecule has 0 spiro atoms. The number of hydrogen-bond donors (Lipinski definition) is 1. The van der Waals surface area contributed by atoms with Crippen LogP contribution in [0.1, 0.15) is 10.4 Å². The van der Waals surface area contributed by atoms with Gasteiger partial charge in [-0.05, 0) is 23.9 Å². The van der Waals surface area contributed by atoms with E-state index in [1.165, 1.54) is 17.6 Å². The molecule has 1 rings (SSSR count). The van der Waals surface area contributed by atoms with Crippen LogP contribution >= 0.6 is 27.3 Å². The van der Waals surface area contributed by atoms with Gasteiger partial charge in [0, 0.05) is 18.0 Å². The molecule has 15 heavy (non-hydrogen) atoms. The molecule has 0 aliphatic heterocycles. The summed E-state index contributed by atoms with van der Waals surface area (Å²) >= 11 is 4.97. The topological polar surface area (TPSA) is 38.3 Å². The number of aryl methyl sites for hydroxylation is 1. The molecule has 0 saturated heterocycles. The Kier molecular flexibility index (Phi) is 5.28. The maximum absolute atomic E-state index is 11.1. The average Bonchev–Trinajstić information content (AvgIpc) is 2.63. The van der Waals surface area contributed by atoms with Crippen molar-refractivity contribution in [2.75, 3.05) is 13.7 Å². The normalized spacial score (nSPS) is 12.5. The third-order valence-corrected chi connectivity index (χ3v) is 3.75. The fraction of sp³-hybridized carbons (Fsp3) is 0.500. The summed E-state index contributed by atoms with van der Waals surface area (Å²) in [5.41, 5.74) is 1.29. The Labute approximate surface area is 102 Å². The highest BCUT2D eigenvalue weighted by Crippen LogP contribution is 2.14. The van der Waals surface area contributed by atoms with Crippen LogP contribution in [0, 0.1) is 6.92 Å². The van der Waals surface area contributed by atoms with Gasteiger partial charge in [-0.2, -0.15) is 0 Å². The van der Waals surface area contributed by atoms with Crippen LogP contribution in [-0.2, 0) is 16.1 Å². The Bertz CT molecular complexity index is 327. The number of halogens is 1. The second kappa shape index (κ2) is 6.25. The monoisotopic (exact) mass is 291 g/mol. The van der Waals surface area contributed by atoms with Crippen molar-refractivity contribution in [3.63, 3.8) is 0 Å². The van der Waals surface area contributed by atoms with Gasteiger partial charge in [0.25, 0.3) is 0 Å². The Morgan fingerprint density at radius 2 is 2.47 bits per heavy atom. The third-order valence-electron chi connectivity index (χ3n) is 2.03. The minimum Gasteiger partial charge on any atom is -0.468 e. The molecule has 5 heteroatoms. The van der Waals surface area contributed by atoms with Gasteiger partial charge >= 0.3 is 5.97 Å². The molecule has 84 valence electrons. The van der Waals surface area contributed by atoms with Gasteiger partial charge in [-0.25, -0.2) is 0 Å². The standard InChI is InChI=1S/C10H14BrNO2S/c1-7-3-4-15-9(7)6-12-5-8(11)10(13)14-2/h3-4,8,12H,5-6H2,1-2H3. The predicted molar refractivity (Wildman–Crippen MR) is 65.5 cm³/mol.